The van der Waals surface area contributed by atoms with Gasteiger partial charge >= 0.3 is 0 Å². The van der Waals surface area contributed by atoms with Gasteiger partial charge in [-0.3, -0.25) is 20.9 Å². The van der Waals surface area contributed by atoms with E-state index in [2.05, 4.69) is 15.6 Å². The van der Waals surface area contributed by atoms with E-state index in [9.17, 15) is 10.1 Å². The van der Waals surface area contributed by atoms with Gasteiger partial charge in [0, 0.05) is 43.0 Å². The zero-order valence-corrected chi connectivity index (χ0v) is 11.2. The highest BCUT2D eigenvalue weighted by molar-refractivity contribution is 5.63. The third-order valence-electron chi connectivity index (χ3n) is 3.95. The van der Waals surface area contributed by atoms with Gasteiger partial charge in [0.15, 0.2) is 0 Å². The normalized spacial score (nSPS) is 22.8. The lowest BCUT2D eigenvalue weighted by Crippen LogP contribution is -2.27. The van der Waals surface area contributed by atoms with E-state index in [1.54, 1.807) is 12.1 Å². The minimum atomic E-state index is -0.406. The molecule has 1 atom stereocenters. The van der Waals surface area contributed by atoms with E-state index in [1.165, 1.54) is 18.9 Å². The van der Waals surface area contributed by atoms with Gasteiger partial charge in [0.1, 0.15) is 0 Å². The van der Waals surface area contributed by atoms with E-state index in [1.807, 2.05) is 0 Å². The van der Waals surface area contributed by atoms with Crippen molar-refractivity contribution in [3.8, 4) is 0 Å². The number of hydrogen-bond donors (Lipinski definition) is 3. The van der Waals surface area contributed by atoms with Crippen LogP contribution in [0.15, 0.2) is 18.2 Å². The number of rotatable bonds is 5. The molecule has 7 nitrogen and oxygen atoms in total. The quantitative estimate of drug-likeness (QED) is 0.429. The van der Waals surface area contributed by atoms with Crippen molar-refractivity contribution < 1.29 is 4.92 Å². The lowest BCUT2D eigenvalue weighted by molar-refractivity contribution is -0.384. The molecule has 1 unspecified atom stereocenters. The summed E-state index contributed by atoms with van der Waals surface area (Å²) in [6.45, 7) is 2.12. The van der Waals surface area contributed by atoms with Crippen molar-refractivity contribution in [2.45, 2.75) is 31.3 Å². The summed E-state index contributed by atoms with van der Waals surface area (Å²) in [5.74, 6) is 5.36. The summed E-state index contributed by atoms with van der Waals surface area (Å²) < 4.78 is 0. The molecule has 1 aromatic rings. The number of benzene rings is 1. The van der Waals surface area contributed by atoms with E-state index in [0.29, 0.717) is 11.7 Å². The predicted octanol–water partition coefficient (Wildman–Crippen LogP) is 1.53. The van der Waals surface area contributed by atoms with Gasteiger partial charge in [-0.15, -0.1) is 0 Å². The topological polar surface area (TPSA) is 96.5 Å². The molecule has 20 heavy (non-hydrogen) atoms. The maximum atomic E-state index is 10.9. The van der Waals surface area contributed by atoms with Crippen LogP contribution in [0.5, 0.6) is 0 Å². The van der Waals surface area contributed by atoms with E-state index < -0.39 is 4.92 Å². The van der Waals surface area contributed by atoms with Crippen molar-refractivity contribution in [1.82, 2.24) is 4.90 Å². The fourth-order valence-electron chi connectivity index (χ4n) is 2.80. The Kier molecular flexibility index (Phi) is 3.45. The molecule has 0 radical (unpaired) electrons. The van der Waals surface area contributed by atoms with Gasteiger partial charge in [-0.25, -0.2) is 0 Å². The van der Waals surface area contributed by atoms with Crippen LogP contribution in [-0.4, -0.2) is 35.0 Å². The molecule has 2 aliphatic rings. The molecule has 0 bridgehead atoms. The Balaban J connectivity index is 1.70. The van der Waals surface area contributed by atoms with Crippen molar-refractivity contribution in [3.05, 3.63) is 28.3 Å². The van der Waals surface area contributed by atoms with Gasteiger partial charge in [0.05, 0.1) is 10.6 Å². The average Bonchev–Trinajstić information content (AvgIpc) is 3.19. The lowest BCUT2D eigenvalue weighted by Gasteiger charge is -2.17. The number of nitrogens with zero attached hydrogens (tertiary/aromatic N) is 2. The van der Waals surface area contributed by atoms with E-state index in [4.69, 9.17) is 5.84 Å². The Morgan fingerprint density at radius 1 is 1.25 bits per heavy atom. The van der Waals surface area contributed by atoms with Crippen molar-refractivity contribution in [2.24, 2.45) is 5.84 Å². The first kappa shape index (κ1) is 13.1. The maximum Gasteiger partial charge on any atom is 0.273 e. The highest BCUT2D eigenvalue weighted by atomic mass is 16.6. The Morgan fingerprint density at radius 3 is 2.65 bits per heavy atom. The number of nitrogen functional groups attached to an aromatic ring is 1. The molecule has 1 saturated carbocycles. The molecule has 7 heteroatoms. The molecular formula is C13H19N5O2. The molecule has 1 saturated heterocycles. The van der Waals surface area contributed by atoms with Gasteiger partial charge in [0.25, 0.3) is 5.69 Å². The molecule has 0 spiro atoms. The van der Waals surface area contributed by atoms with Crippen molar-refractivity contribution >= 4 is 17.1 Å². The zero-order valence-electron chi connectivity index (χ0n) is 11.2. The third-order valence-corrected chi connectivity index (χ3v) is 3.95. The minimum Gasteiger partial charge on any atom is -0.381 e. The number of nitrogens with two attached hydrogens (primary N) is 1. The van der Waals surface area contributed by atoms with Crippen LogP contribution in [0.25, 0.3) is 0 Å². The Labute approximate surface area is 117 Å². The second kappa shape index (κ2) is 5.26. The van der Waals surface area contributed by atoms with Crippen LogP contribution >= 0.6 is 0 Å². The number of nitrogens with one attached hydrogen (secondary N) is 2. The number of likely N-dealkylation sites (tertiary alicyclic amines) is 1. The van der Waals surface area contributed by atoms with Crippen LogP contribution in [0, 0.1) is 10.1 Å². The van der Waals surface area contributed by atoms with Gasteiger partial charge in [0.2, 0.25) is 0 Å². The Bertz CT molecular complexity index is 517. The summed E-state index contributed by atoms with van der Waals surface area (Å²) >= 11 is 0. The third kappa shape index (κ3) is 2.83. The first-order chi connectivity index (χ1) is 9.65. The molecule has 1 aliphatic heterocycles. The van der Waals surface area contributed by atoms with Crippen LogP contribution in [0.3, 0.4) is 0 Å². The highest BCUT2D eigenvalue weighted by Gasteiger charge is 2.34. The molecule has 1 aliphatic carbocycles. The van der Waals surface area contributed by atoms with Gasteiger partial charge in [-0.1, -0.05) is 0 Å². The number of hydrazine groups is 1. The fraction of sp³-hybridized carbons (Fsp3) is 0.538. The number of hydrogen-bond acceptors (Lipinski definition) is 6. The molecular weight excluding hydrogens is 258 g/mol. The van der Waals surface area contributed by atoms with Crippen LogP contribution in [0.2, 0.25) is 0 Å². The second-order valence-electron chi connectivity index (χ2n) is 5.53. The SMILES string of the molecule is NNc1cc(NC2CCN(C3CC3)C2)cc([N+](=O)[O-])c1. The van der Waals surface area contributed by atoms with Crippen molar-refractivity contribution in [2.75, 3.05) is 23.8 Å². The minimum absolute atomic E-state index is 0.0417. The summed E-state index contributed by atoms with van der Waals surface area (Å²) in [5.41, 5.74) is 3.80. The summed E-state index contributed by atoms with van der Waals surface area (Å²) in [7, 11) is 0. The molecule has 0 amide bonds. The fourth-order valence-corrected chi connectivity index (χ4v) is 2.80. The molecule has 108 valence electrons. The highest BCUT2D eigenvalue weighted by Crippen LogP contribution is 2.31. The van der Waals surface area contributed by atoms with Crippen LogP contribution in [-0.2, 0) is 0 Å². The molecule has 4 N–H and O–H groups in total. The van der Waals surface area contributed by atoms with E-state index in [0.717, 1.165) is 31.2 Å². The van der Waals surface area contributed by atoms with Crippen molar-refractivity contribution in [1.29, 1.82) is 0 Å². The largest absolute Gasteiger partial charge is 0.381 e. The summed E-state index contributed by atoms with van der Waals surface area (Å²) in [5, 5.41) is 14.3. The molecule has 0 aromatic heterocycles. The molecule has 1 heterocycles. The van der Waals surface area contributed by atoms with E-state index in [-0.39, 0.29) is 5.69 Å². The molecule has 2 fully saturated rings. The number of anilines is 2. The second-order valence-corrected chi connectivity index (χ2v) is 5.53. The number of nitro benzene ring substituents is 1. The zero-order chi connectivity index (χ0) is 14.1. The van der Waals surface area contributed by atoms with Gasteiger partial charge in [-0.2, -0.15) is 0 Å². The number of non-ortho nitro benzene ring substituents is 1. The lowest BCUT2D eigenvalue weighted by atomic mass is 10.2. The van der Waals surface area contributed by atoms with Crippen LogP contribution in [0.4, 0.5) is 17.1 Å². The number of nitro groups is 1. The Morgan fingerprint density at radius 2 is 2.00 bits per heavy atom. The predicted molar refractivity (Wildman–Crippen MR) is 77.5 cm³/mol. The first-order valence-corrected chi connectivity index (χ1v) is 6.92. The average molecular weight is 277 g/mol. The van der Waals surface area contributed by atoms with Gasteiger partial charge in [-0.05, 0) is 25.3 Å². The van der Waals surface area contributed by atoms with Gasteiger partial charge < -0.3 is 10.7 Å². The van der Waals surface area contributed by atoms with Crippen LogP contribution in [0.1, 0.15) is 19.3 Å². The maximum absolute atomic E-state index is 10.9. The summed E-state index contributed by atoms with van der Waals surface area (Å²) in [6, 6.07) is 5.90. The summed E-state index contributed by atoms with van der Waals surface area (Å²) in [6.07, 6.45) is 3.69. The summed E-state index contributed by atoms with van der Waals surface area (Å²) in [4.78, 5) is 13.0. The first-order valence-electron chi connectivity index (χ1n) is 6.92. The van der Waals surface area contributed by atoms with Crippen LogP contribution < -0.4 is 16.6 Å². The standard InChI is InChI=1S/C13H19N5O2/c14-16-11-5-10(6-13(7-11)18(19)20)15-9-3-4-17(8-9)12-1-2-12/h5-7,9,12,15-16H,1-4,8,14H2. The van der Waals surface area contributed by atoms with Crippen molar-refractivity contribution in [3.63, 3.8) is 0 Å². The van der Waals surface area contributed by atoms with E-state index >= 15 is 0 Å². The monoisotopic (exact) mass is 277 g/mol. The molecule has 3 rings (SSSR count). The smallest absolute Gasteiger partial charge is 0.273 e. The molecule has 1 aromatic carbocycles. The Hall–Kier alpha value is -1.86.